The van der Waals surface area contributed by atoms with Crippen LogP contribution in [0.5, 0.6) is 17.2 Å². The fourth-order valence-corrected chi connectivity index (χ4v) is 3.45. The van der Waals surface area contributed by atoms with E-state index >= 15 is 0 Å². The summed E-state index contributed by atoms with van der Waals surface area (Å²) < 4.78 is 11.0. The topological polar surface area (TPSA) is 119 Å². The fourth-order valence-electron chi connectivity index (χ4n) is 3.22. The van der Waals surface area contributed by atoms with Gasteiger partial charge in [-0.25, -0.2) is 0 Å². The Bertz CT molecular complexity index is 1370. The third-order valence-electron chi connectivity index (χ3n) is 4.93. The second-order valence-corrected chi connectivity index (χ2v) is 7.77. The van der Waals surface area contributed by atoms with E-state index in [1.165, 1.54) is 18.2 Å². The van der Waals surface area contributed by atoms with E-state index in [1.54, 1.807) is 50.4 Å². The van der Waals surface area contributed by atoms with Crippen LogP contribution in [0, 0.1) is 17.0 Å². The number of aromatic nitrogens is 2. The minimum absolute atomic E-state index is 0.188. The van der Waals surface area contributed by atoms with Gasteiger partial charge in [-0.2, -0.15) is 5.10 Å². The first kappa shape index (κ1) is 22.8. The number of nitro benzene ring substituents is 1. The predicted octanol–water partition coefficient (Wildman–Crippen LogP) is 6.00. The molecule has 2 N–H and O–H groups in total. The van der Waals surface area contributed by atoms with Crippen LogP contribution in [-0.4, -0.2) is 28.1 Å². The summed E-state index contributed by atoms with van der Waals surface area (Å²) in [4.78, 5) is 23.6. The Morgan fingerprint density at radius 1 is 1.06 bits per heavy atom. The second kappa shape index (κ2) is 9.63. The number of aromatic amines is 1. The monoisotopic (exact) mass is 478 g/mol. The van der Waals surface area contributed by atoms with E-state index in [-0.39, 0.29) is 22.8 Å². The number of halogens is 1. The van der Waals surface area contributed by atoms with Crippen molar-refractivity contribution in [2.24, 2.45) is 0 Å². The van der Waals surface area contributed by atoms with Crippen molar-refractivity contribution in [3.63, 3.8) is 0 Å². The average molecular weight is 479 g/mol. The number of aryl methyl sites for hydroxylation is 1. The zero-order chi connectivity index (χ0) is 24.2. The Hall–Kier alpha value is -4.37. The van der Waals surface area contributed by atoms with Crippen molar-refractivity contribution < 1.29 is 19.2 Å². The molecule has 10 heteroatoms. The molecule has 0 aliphatic rings. The summed E-state index contributed by atoms with van der Waals surface area (Å²) >= 11 is 5.98. The van der Waals surface area contributed by atoms with Gasteiger partial charge in [0.2, 0.25) is 0 Å². The number of carbonyl (C=O) groups is 1. The molecule has 1 aromatic heterocycles. The molecular weight excluding hydrogens is 460 g/mol. The van der Waals surface area contributed by atoms with Gasteiger partial charge in [-0.3, -0.25) is 20.0 Å². The number of hydrogen-bond acceptors (Lipinski definition) is 6. The number of H-pyrrole nitrogens is 1. The van der Waals surface area contributed by atoms with Crippen LogP contribution in [0.15, 0.2) is 66.7 Å². The van der Waals surface area contributed by atoms with Gasteiger partial charge in [-0.1, -0.05) is 11.6 Å². The second-order valence-electron chi connectivity index (χ2n) is 7.33. The van der Waals surface area contributed by atoms with Crippen molar-refractivity contribution in [2.75, 3.05) is 12.4 Å². The van der Waals surface area contributed by atoms with E-state index in [9.17, 15) is 14.9 Å². The highest BCUT2D eigenvalue weighted by Crippen LogP contribution is 2.32. The highest BCUT2D eigenvalue weighted by atomic mass is 35.5. The SMILES string of the molecule is COc1ccc(-c2cc(C(=O)Nc3cc(Oc4ccc(Cl)cc4C)cc([N+](=O)[O-])c3)[nH]n2)cc1. The predicted molar refractivity (Wildman–Crippen MR) is 128 cm³/mol. The van der Waals surface area contributed by atoms with Crippen molar-refractivity contribution in [1.82, 2.24) is 10.2 Å². The highest BCUT2D eigenvalue weighted by Gasteiger charge is 2.16. The summed E-state index contributed by atoms with van der Waals surface area (Å²) in [5.41, 5.74) is 2.26. The Morgan fingerprint density at radius 3 is 2.50 bits per heavy atom. The Kier molecular flexibility index (Phi) is 6.46. The maximum Gasteiger partial charge on any atom is 0.275 e. The number of benzene rings is 3. The number of hydrogen-bond donors (Lipinski definition) is 2. The van der Waals surface area contributed by atoms with Crippen molar-refractivity contribution in [1.29, 1.82) is 0 Å². The minimum atomic E-state index is -0.560. The number of ether oxygens (including phenoxy) is 2. The largest absolute Gasteiger partial charge is 0.497 e. The summed E-state index contributed by atoms with van der Waals surface area (Å²) in [5.74, 6) is 0.870. The molecule has 1 amide bonds. The summed E-state index contributed by atoms with van der Waals surface area (Å²) in [7, 11) is 1.58. The summed E-state index contributed by atoms with van der Waals surface area (Å²) in [6.07, 6.45) is 0. The van der Waals surface area contributed by atoms with Crippen LogP contribution >= 0.6 is 11.6 Å². The summed E-state index contributed by atoms with van der Waals surface area (Å²) in [6, 6.07) is 17.9. The quantitative estimate of drug-likeness (QED) is 0.248. The highest BCUT2D eigenvalue weighted by molar-refractivity contribution is 6.30. The van der Waals surface area contributed by atoms with E-state index in [4.69, 9.17) is 21.1 Å². The number of nitrogens with zero attached hydrogens (tertiary/aromatic N) is 2. The lowest BCUT2D eigenvalue weighted by Crippen LogP contribution is -2.12. The average Bonchev–Trinajstić information content (AvgIpc) is 3.31. The molecule has 0 bridgehead atoms. The molecule has 0 saturated carbocycles. The zero-order valence-electron chi connectivity index (χ0n) is 18.2. The molecule has 34 heavy (non-hydrogen) atoms. The molecule has 0 aliphatic carbocycles. The van der Waals surface area contributed by atoms with Gasteiger partial charge in [0, 0.05) is 22.7 Å². The van der Waals surface area contributed by atoms with Crippen LogP contribution in [-0.2, 0) is 0 Å². The molecule has 172 valence electrons. The number of rotatable bonds is 7. The summed E-state index contributed by atoms with van der Waals surface area (Å²) in [5, 5.41) is 21.5. The van der Waals surface area contributed by atoms with Crippen molar-refractivity contribution in [3.8, 4) is 28.5 Å². The van der Waals surface area contributed by atoms with Crippen molar-refractivity contribution in [3.05, 3.63) is 93.1 Å². The Balaban J connectivity index is 1.56. The van der Waals surface area contributed by atoms with Crippen molar-refractivity contribution in [2.45, 2.75) is 6.92 Å². The molecule has 0 saturated heterocycles. The van der Waals surface area contributed by atoms with Crippen LogP contribution in [0.25, 0.3) is 11.3 Å². The van der Waals surface area contributed by atoms with Crippen LogP contribution in [0.3, 0.4) is 0 Å². The fraction of sp³-hybridized carbons (Fsp3) is 0.0833. The van der Waals surface area contributed by atoms with E-state index in [0.29, 0.717) is 22.2 Å². The van der Waals surface area contributed by atoms with Gasteiger partial charge in [0.1, 0.15) is 22.9 Å². The lowest BCUT2D eigenvalue weighted by atomic mass is 10.1. The molecule has 0 unspecified atom stereocenters. The third kappa shape index (κ3) is 5.16. The first-order valence-electron chi connectivity index (χ1n) is 10.1. The molecular formula is C24H19ClN4O5. The van der Waals surface area contributed by atoms with E-state index in [0.717, 1.165) is 11.1 Å². The number of nitrogens with one attached hydrogen (secondary N) is 2. The Labute approximate surface area is 199 Å². The van der Waals surface area contributed by atoms with Gasteiger partial charge < -0.3 is 14.8 Å². The summed E-state index contributed by atoms with van der Waals surface area (Å²) in [6.45, 7) is 1.81. The standard InChI is InChI=1S/C24H19ClN4O5/c1-14-9-16(25)5-8-23(14)34-20-11-17(10-18(12-20)29(31)32)26-24(30)22-13-21(27-28-22)15-3-6-19(33-2)7-4-15/h3-13H,1-2H3,(H,26,30)(H,27,28). The molecule has 9 nitrogen and oxygen atoms in total. The molecule has 4 aromatic rings. The van der Waals surface area contributed by atoms with E-state index < -0.39 is 10.8 Å². The van der Waals surface area contributed by atoms with Gasteiger partial charge in [-0.15, -0.1) is 0 Å². The molecule has 0 fully saturated rings. The Morgan fingerprint density at radius 2 is 1.82 bits per heavy atom. The van der Waals surface area contributed by atoms with Gasteiger partial charge in [-0.05, 0) is 61.0 Å². The third-order valence-corrected chi connectivity index (χ3v) is 5.17. The normalized spacial score (nSPS) is 10.6. The van der Waals surface area contributed by atoms with Gasteiger partial charge >= 0.3 is 0 Å². The van der Waals surface area contributed by atoms with Crippen LogP contribution in [0.1, 0.15) is 16.1 Å². The van der Waals surface area contributed by atoms with E-state index in [2.05, 4.69) is 15.5 Å². The van der Waals surface area contributed by atoms with Crippen LogP contribution in [0.4, 0.5) is 11.4 Å². The maximum atomic E-state index is 12.8. The first-order chi connectivity index (χ1) is 16.3. The lowest BCUT2D eigenvalue weighted by molar-refractivity contribution is -0.384. The number of carbonyl (C=O) groups excluding carboxylic acids is 1. The van der Waals surface area contributed by atoms with Gasteiger partial charge in [0.25, 0.3) is 11.6 Å². The molecule has 0 spiro atoms. The minimum Gasteiger partial charge on any atom is -0.497 e. The molecule has 0 aliphatic heterocycles. The lowest BCUT2D eigenvalue weighted by Gasteiger charge is -2.11. The smallest absolute Gasteiger partial charge is 0.275 e. The van der Waals surface area contributed by atoms with Crippen molar-refractivity contribution >= 4 is 28.9 Å². The molecule has 0 radical (unpaired) electrons. The molecule has 1 heterocycles. The molecule has 0 atom stereocenters. The maximum absolute atomic E-state index is 12.8. The van der Waals surface area contributed by atoms with Gasteiger partial charge in [0.15, 0.2) is 0 Å². The number of nitro groups is 1. The number of anilines is 1. The van der Waals surface area contributed by atoms with Crippen LogP contribution in [0.2, 0.25) is 5.02 Å². The molecule has 3 aromatic carbocycles. The van der Waals surface area contributed by atoms with E-state index in [1.807, 2.05) is 12.1 Å². The number of amides is 1. The first-order valence-corrected chi connectivity index (χ1v) is 10.4. The zero-order valence-corrected chi connectivity index (χ0v) is 18.9. The van der Waals surface area contributed by atoms with Gasteiger partial charge in [0.05, 0.1) is 29.5 Å². The molecule has 4 rings (SSSR count). The van der Waals surface area contributed by atoms with Crippen LogP contribution < -0.4 is 14.8 Å². The number of non-ortho nitro benzene ring substituents is 1. The number of methoxy groups -OCH3 is 1.